The summed E-state index contributed by atoms with van der Waals surface area (Å²) in [5.41, 5.74) is 0.352. The van der Waals surface area contributed by atoms with Gasteiger partial charge in [-0.25, -0.2) is 17.6 Å². The van der Waals surface area contributed by atoms with Gasteiger partial charge in [0.15, 0.2) is 11.6 Å². The van der Waals surface area contributed by atoms with E-state index >= 15 is 0 Å². The Morgan fingerprint density at radius 1 is 1.19 bits per heavy atom. The molecule has 0 heterocycles. The molecule has 0 saturated heterocycles. The Hall–Kier alpha value is -1.10. The third-order valence-electron chi connectivity index (χ3n) is 2.21. The summed E-state index contributed by atoms with van der Waals surface area (Å²) in [6.45, 7) is 2.11. The smallest absolute Gasteiger partial charge is 0.254 e. The summed E-state index contributed by atoms with van der Waals surface area (Å²) in [5.74, 6) is -1.98. The molecule has 0 aliphatic heterocycles. The maximum absolute atomic E-state index is 12.8. The average molecular weight is 235 g/mol. The van der Waals surface area contributed by atoms with E-state index in [0.29, 0.717) is 12.1 Å². The van der Waals surface area contributed by atoms with Crippen molar-refractivity contribution in [2.24, 2.45) is 0 Å². The van der Waals surface area contributed by atoms with Crippen molar-refractivity contribution in [1.82, 2.24) is 5.32 Å². The quantitative estimate of drug-likeness (QED) is 0.774. The number of hydrogen-bond acceptors (Lipinski definition) is 1. The Morgan fingerprint density at radius 2 is 1.88 bits per heavy atom. The van der Waals surface area contributed by atoms with Crippen LogP contribution in [0, 0.1) is 11.6 Å². The molecule has 0 aromatic heterocycles. The summed E-state index contributed by atoms with van der Waals surface area (Å²) in [6.07, 6.45) is -2.56. The van der Waals surface area contributed by atoms with Gasteiger partial charge < -0.3 is 5.32 Å². The van der Waals surface area contributed by atoms with Gasteiger partial charge in [-0.3, -0.25) is 0 Å². The maximum Gasteiger partial charge on any atom is 0.254 e. The van der Waals surface area contributed by atoms with Crippen LogP contribution >= 0.6 is 0 Å². The number of rotatable bonds is 5. The van der Waals surface area contributed by atoms with Crippen LogP contribution in [0.4, 0.5) is 17.6 Å². The van der Waals surface area contributed by atoms with Crippen LogP contribution in [0.3, 0.4) is 0 Å². The van der Waals surface area contributed by atoms with E-state index in [-0.39, 0.29) is 6.42 Å². The van der Waals surface area contributed by atoms with Gasteiger partial charge in [-0.15, -0.1) is 0 Å². The molecule has 0 saturated carbocycles. The van der Waals surface area contributed by atoms with E-state index in [0.717, 1.165) is 12.1 Å². The van der Waals surface area contributed by atoms with Crippen LogP contribution in [0.5, 0.6) is 0 Å². The van der Waals surface area contributed by atoms with Crippen molar-refractivity contribution in [3.63, 3.8) is 0 Å². The summed E-state index contributed by atoms with van der Waals surface area (Å²) in [6, 6.07) is 2.17. The van der Waals surface area contributed by atoms with E-state index in [1.54, 1.807) is 6.92 Å². The molecule has 1 aromatic rings. The first-order valence-electron chi connectivity index (χ1n) is 5.00. The van der Waals surface area contributed by atoms with Gasteiger partial charge in [0, 0.05) is 0 Å². The molecule has 0 fully saturated rings. The first-order valence-corrected chi connectivity index (χ1v) is 5.00. The van der Waals surface area contributed by atoms with Gasteiger partial charge in [0.05, 0.1) is 6.04 Å². The molecule has 16 heavy (non-hydrogen) atoms. The number of alkyl halides is 2. The van der Waals surface area contributed by atoms with Crippen LogP contribution in [-0.4, -0.2) is 19.0 Å². The first-order chi connectivity index (χ1) is 7.54. The van der Waals surface area contributed by atoms with Crippen LogP contribution in [0.1, 0.15) is 12.5 Å². The molecule has 0 amide bonds. The molecule has 0 radical (unpaired) electrons. The zero-order valence-corrected chi connectivity index (χ0v) is 8.81. The van der Waals surface area contributed by atoms with E-state index < -0.39 is 24.1 Å². The maximum atomic E-state index is 12.8. The summed E-state index contributed by atoms with van der Waals surface area (Å²) in [4.78, 5) is 0. The van der Waals surface area contributed by atoms with E-state index in [1.165, 1.54) is 6.07 Å². The summed E-state index contributed by atoms with van der Waals surface area (Å²) < 4.78 is 50.5. The second kappa shape index (κ2) is 5.84. The minimum Gasteiger partial charge on any atom is -0.309 e. The Balaban J connectivity index is 2.73. The molecule has 1 nitrogen and oxygen atoms in total. The molecule has 0 aliphatic rings. The van der Waals surface area contributed by atoms with E-state index in [4.69, 9.17) is 0 Å². The van der Waals surface area contributed by atoms with Gasteiger partial charge in [-0.05, 0) is 30.7 Å². The van der Waals surface area contributed by atoms with E-state index in [1.807, 2.05) is 0 Å². The highest BCUT2D eigenvalue weighted by molar-refractivity contribution is 5.19. The predicted molar refractivity (Wildman–Crippen MR) is 53.5 cm³/mol. The highest BCUT2D eigenvalue weighted by Gasteiger charge is 2.19. The number of nitrogens with one attached hydrogen (secondary N) is 1. The van der Waals surface area contributed by atoms with Crippen molar-refractivity contribution in [1.29, 1.82) is 0 Å². The highest BCUT2D eigenvalue weighted by Crippen LogP contribution is 2.13. The number of likely N-dealkylation sites (N-methyl/N-ethyl adjacent to an activating group) is 1. The lowest BCUT2D eigenvalue weighted by Gasteiger charge is -2.16. The Labute approximate surface area is 91.5 Å². The number of hydrogen-bond donors (Lipinski definition) is 1. The van der Waals surface area contributed by atoms with Crippen molar-refractivity contribution in [2.45, 2.75) is 25.8 Å². The topological polar surface area (TPSA) is 12.0 Å². The van der Waals surface area contributed by atoms with Crippen LogP contribution in [-0.2, 0) is 6.42 Å². The molecular formula is C11H13F4N. The minimum atomic E-state index is -2.53. The minimum absolute atomic E-state index is 0.0251. The summed E-state index contributed by atoms with van der Waals surface area (Å²) in [5, 5.41) is 2.60. The van der Waals surface area contributed by atoms with Crippen molar-refractivity contribution in [3.05, 3.63) is 35.4 Å². The molecule has 0 bridgehead atoms. The first kappa shape index (κ1) is 13.0. The summed E-state index contributed by atoms with van der Waals surface area (Å²) >= 11 is 0. The van der Waals surface area contributed by atoms with Crippen molar-refractivity contribution >= 4 is 0 Å². The molecule has 1 unspecified atom stereocenters. The molecule has 1 aromatic carbocycles. The van der Waals surface area contributed by atoms with Crippen molar-refractivity contribution < 1.29 is 17.6 Å². The standard InChI is InChI=1S/C11H13F4N/c1-2-16-10(11(14)15)6-7-3-4-8(12)9(13)5-7/h3-5,10-11,16H,2,6H2,1H3. The fourth-order valence-corrected chi connectivity index (χ4v) is 1.43. The lowest BCUT2D eigenvalue weighted by molar-refractivity contribution is 0.0990. The van der Waals surface area contributed by atoms with Crippen LogP contribution in [0.15, 0.2) is 18.2 Å². The number of halogens is 4. The number of benzene rings is 1. The highest BCUT2D eigenvalue weighted by atomic mass is 19.3. The SMILES string of the molecule is CCNC(Cc1ccc(F)c(F)c1)C(F)F. The predicted octanol–water partition coefficient (Wildman–Crippen LogP) is 2.75. The monoisotopic (exact) mass is 235 g/mol. The molecule has 90 valence electrons. The lowest BCUT2D eigenvalue weighted by Crippen LogP contribution is -2.37. The van der Waals surface area contributed by atoms with E-state index in [9.17, 15) is 17.6 Å². The molecule has 0 aliphatic carbocycles. The lowest BCUT2D eigenvalue weighted by atomic mass is 10.1. The molecule has 1 atom stereocenters. The normalized spacial score (nSPS) is 13.1. The van der Waals surface area contributed by atoms with Gasteiger partial charge in [-0.1, -0.05) is 13.0 Å². The van der Waals surface area contributed by atoms with Crippen LogP contribution in [0.25, 0.3) is 0 Å². The molecule has 5 heteroatoms. The molecule has 1 N–H and O–H groups in total. The van der Waals surface area contributed by atoms with Crippen LogP contribution < -0.4 is 5.32 Å². The van der Waals surface area contributed by atoms with Gasteiger partial charge in [0.1, 0.15) is 0 Å². The third kappa shape index (κ3) is 3.48. The molecule has 1 rings (SSSR count). The zero-order valence-electron chi connectivity index (χ0n) is 8.81. The molecular weight excluding hydrogens is 222 g/mol. The van der Waals surface area contributed by atoms with Gasteiger partial charge in [0.25, 0.3) is 6.43 Å². The zero-order chi connectivity index (χ0) is 12.1. The van der Waals surface area contributed by atoms with Gasteiger partial charge in [0.2, 0.25) is 0 Å². The van der Waals surface area contributed by atoms with E-state index in [2.05, 4.69) is 5.32 Å². The Morgan fingerprint density at radius 3 is 2.38 bits per heavy atom. The van der Waals surface area contributed by atoms with Crippen molar-refractivity contribution in [3.8, 4) is 0 Å². The largest absolute Gasteiger partial charge is 0.309 e. The van der Waals surface area contributed by atoms with Crippen LogP contribution in [0.2, 0.25) is 0 Å². The Bertz CT molecular complexity index is 341. The van der Waals surface area contributed by atoms with Gasteiger partial charge in [-0.2, -0.15) is 0 Å². The third-order valence-corrected chi connectivity index (χ3v) is 2.21. The Kier molecular flexibility index (Phi) is 4.73. The summed E-state index contributed by atoms with van der Waals surface area (Å²) in [7, 11) is 0. The molecule has 0 spiro atoms. The second-order valence-electron chi connectivity index (χ2n) is 3.45. The second-order valence-corrected chi connectivity index (χ2v) is 3.45. The fourth-order valence-electron chi connectivity index (χ4n) is 1.43. The fraction of sp³-hybridized carbons (Fsp3) is 0.455. The van der Waals surface area contributed by atoms with Gasteiger partial charge >= 0.3 is 0 Å². The van der Waals surface area contributed by atoms with Crippen molar-refractivity contribution in [2.75, 3.05) is 6.54 Å². The average Bonchev–Trinajstić information content (AvgIpc) is 2.22.